The van der Waals surface area contributed by atoms with Crippen LogP contribution in [0.3, 0.4) is 0 Å². The highest BCUT2D eigenvalue weighted by Crippen LogP contribution is 2.15. The van der Waals surface area contributed by atoms with Gasteiger partial charge in [-0.1, -0.05) is 30.3 Å². The SMILES string of the molecule is COc1cccc(C(=O)/C=C/c2ccc(OCC(=O)[O-])cc2)c1. The van der Waals surface area contributed by atoms with Gasteiger partial charge in [-0.25, -0.2) is 0 Å². The van der Waals surface area contributed by atoms with Gasteiger partial charge in [-0.3, -0.25) is 4.79 Å². The van der Waals surface area contributed by atoms with Gasteiger partial charge in [0.1, 0.15) is 18.1 Å². The Morgan fingerprint density at radius 2 is 1.83 bits per heavy atom. The molecule has 0 heterocycles. The molecule has 0 aliphatic rings. The summed E-state index contributed by atoms with van der Waals surface area (Å²) < 4.78 is 10.1. The van der Waals surface area contributed by atoms with E-state index in [9.17, 15) is 14.7 Å². The Hall–Kier alpha value is -3.08. The first-order valence-electron chi connectivity index (χ1n) is 6.87. The van der Waals surface area contributed by atoms with E-state index >= 15 is 0 Å². The molecule has 0 aliphatic heterocycles. The van der Waals surface area contributed by atoms with E-state index in [0.717, 1.165) is 5.56 Å². The zero-order chi connectivity index (χ0) is 16.7. The fourth-order valence-electron chi connectivity index (χ4n) is 1.86. The molecule has 23 heavy (non-hydrogen) atoms. The molecule has 0 radical (unpaired) electrons. The van der Waals surface area contributed by atoms with Crippen LogP contribution in [-0.2, 0) is 4.79 Å². The molecule has 2 rings (SSSR count). The Balaban J connectivity index is 2.01. The van der Waals surface area contributed by atoms with E-state index in [1.165, 1.54) is 6.08 Å². The van der Waals surface area contributed by atoms with Gasteiger partial charge in [0.05, 0.1) is 13.1 Å². The van der Waals surface area contributed by atoms with Crippen LogP contribution in [0.15, 0.2) is 54.6 Å². The van der Waals surface area contributed by atoms with Crippen LogP contribution in [0.4, 0.5) is 0 Å². The van der Waals surface area contributed by atoms with Crippen LogP contribution in [0.2, 0.25) is 0 Å². The molecule has 0 saturated carbocycles. The van der Waals surface area contributed by atoms with Crippen molar-refractivity contribution in [2.24, 2.45) is 0 Å². The summed E-state index contributed by atoms with van der Waals surface area (Å²) in [7, 11) is 1.55. The summed E-state index contributed by atoms with van der Waals surface area (Å²) in [6.07, 6.45) is 3.14. The van der Waals surface area contributed by atoms with Gasteiger partial charge >= 0.3 is 0 Å². The van der Waals surface area contributed by atoms with Crippen molar-refractivity contribution < 1.29 is 24.2 Å². The second-order valence-electron chi connectivity index (χ2n) is 4.66. The number of carbonyl (C=O) groups is 2. The summed E-state index contributed by atoms with van der Waals surface area (Å²) in [5.74, 6) is -0.372. The van der Waals surface area contributed by atoms with E-state index in [2.05, 4.69) is 0 Å². The maximum Gasteiger partial charge on any atom is 0.185 e. The molecule has 0 atom stereocenters. The summed E-state index contributed by atoms with van der Waals surface area (Å²) in [5, 5.41) is 10.3. The quantitative estimate of drug-likeness (QED) is 0.575. The second-order valence-corrected chi connectivity index (χ2v) is 4.66. The highest BCUT2D eigenvalue weighted by molar-refractivity contribution is 6.07. The Labute approximate surface area is 133 Å². The van der Waals surface area contributed by atoms with Crippen molar-refractivity contribution in [2.75, 3.05) is 13.7 Å². The average Bonchev–Trinajstić information content (AvgIpc) is 2.58. The summed E-state index contributed by atoms with van der Waals surface area (Å²) in [4.78, 5) is 22.4. The fourth-order valence-corrected chi connectivity index (χ4v) is 1.86. The second kappa shape index (κ2) is 7.79. The van der Waals surface area contributed by atoms with Gasteiger partial charge in [0.25, 0.3) is 0 Å². The van der Waals surface area contributed by atoms with Crippen molar-refractivity contribution in [3.05, 3.63) is 65.7 Å². The maximum atomic E-state index is 12.1. The summed E-state index contributed by atoms with van der Waals surface area (Å²) in [6, 6.07) is 13.6. The molecule has 0 amide bonds. The standard InChI is InChI=1S/C18H16O5/c1-22-16-4-2-3-14(11-16)17(19)10-7-13-5-8-15(9-6-13)23-12-18(20)21/h2-11H,12H2,1H3,(H,20,21)/p-1/b10-7+. The molecular formula is C18H15O5-. The first-order chi connectivity index (χ1) is 11.1. The van der Waals surface area contributed by atoms with Crippen molar-refractivity contribution in [1.29, 1.82) is 0 Å². The predicted octanol–water partition coefficient (Wildman–Crippen LogP) is 1.72. The van der Waals surface area contributed by atoms with Gasteiger partial charge in [0.2, 0.25) is 0 Å². The number of carbonyl (C=O) groups excluding carboxylic acids is 2. The van der Waals surface area contributed by atoms with Crippen molar-refractivity contribution >= 4 is 17.8 Å². The summed E-state index contributed by atoms with van der Waals surface area (Å²) >= 11 is 0. The predicted molar refractivity (Wildman–Crippen MR) is 83.3 cm³/mol. The van der Waals surface area contributed by atoms with Crippen molar-refractivity contribution in [3.8, 4) is 11.5 Å². The highest BCUT2D eigenvalue weighted by Gasteiger charge is 2.03. The van der Waals surface area contributed by atoms with E-state index in [0.29, 0.717) is 17.1 Å². The van der Waals surface area contributed by atoms with Crippen molar-refractivity contribution in [1.82, 2.24) is 0 Å². The third kappa shape index (κ3) is 5.00. The Morgan fingerprint density at radius 3 is 2.48 bits per heavy atom. The Kier molecular flexibility index (Phi) is 5.52. The Morgan fingerprint density at radius 1 is 1.09 bits per heavy atom. The lowest BCUT2D eigenvalue weighted by Crippen LogP contribution is -2.28. The largest absolute Gasteiger partial charge is 0.546 e. The van der Waals surface area contributed by atoms with E-state index in [4.69, 9.17) is 9.47 Å². The summed E-state index contributed by atoms with van der Waals surface area (Å²) in [5.41, 5.74) is 1.33. The third-order valence-electron chi connectivity index (χ3n) is 3.02. The Bertz CT molecular complexity index is 716. The molecule has 0 aromatic heterocycles. The molecule has 0 fully saturated rings. The minimum Gasteiger partial charge on any atom is -0.546 e. The number of methoxy groups -OCH3 is 1. The number of rotatable bonds is 7. The number of carboxylic acid groups (broad SMARTS) is 1. The van der Waals surface area contributed by atoms with Crippen molar-refractivity contribution in [3.63, 3.8) is 0 Å². The van der Waals surface area contributed by atoms with E-state index in [1.807, 2.05) is 0 Å². The normalized spacial score (nSPS) is 10.5. The van der Waals surface area contributed by atoms with Gasteiger partial charge in [-0.05, 0) is 35.9 Å². The smallest absolute Gasteiger partial charge is 0.185 e. The minimum absolute atomic E-state index is 0.138. The van der Waals surface area contributed by atoms with Gasteiger partial charge in [-0.15, -0.1) is 0 Å². The van der Waals surface area contributed by atoms with Crippen LogP contribution >= 0.6 is 0 Å². The molecule has 5 nitrogen and oxygen atoms in total. The molecule has 5 heteroatoms. The molecule has 2 aromatic carbocycles. The molecule has 0 saturated heterocycles. The number of hydrogen-bond acceptors (Lipinski definition) is 5. The van der Waals surface area contributed by atoms with E-state index < -0.39 is 12.6 Å². The van der Waals surface area contributed by atoms with Crippen LogP contribution in [0.1, 0.15) is 15.9 Å². The van der Waals surface area contributed by atoms with E-state index in [1.54, 1.807) is 61.7 Å². The van der Waals surface area contributed by atoms with Crippen LogP contribution < -0.4 is 14.6 Å². The number of aliphatic carboxylic acids is 1. The van der Waals surface area contributed by atoms with Crippen LogP contribution in [0.25, 0.3) is 6.08 Å². The van der Waals surface area contributed by atoms with Gasteiger partial charge in [0, 0.05) is 5.56 Å². The first-order valence-corrected chi connectivity index (χ1v) is 6.87. The average molecular weight is 311 g/mol. The number of ketones is 1. The zero-order valence-corrected chi connectivity index (χ0v) is 12.5. The first kappa shape index (κ1) is 16.3. The van der Waals surface area contributed by atoms with Gasteiger partial charge < -0.3 is 19.4 Å². The fraction of sp³-hybridized carbons (Fsp3) is 0.111. The zero-order valence-electron chi connectivity index (χ0n) is 12.5. The summed E-state index contributed by atoms with van der Waals surface area (Å²) in [6.45, 7) is -0.497. The van der Waals surface area contributed by atoms with Crippen LogP contribution in [-0.4, -0.2) is 25.5 Å². The topological polar surface area (TPSA) is 75.7 Å². The number of carboxylic acids is 1. The monoisotopic (exact) mass is 311 g/mol. The van der Waals surface area contributed by atoms with Crippen LogP contribution in [0.5, 0.6) is 11.5 Å². The number of benzene rings is 2. The van der Waals surface area contributed by atoms with Crippen molar-refractivity contribution in [2.45, 2.75) is 0 Å². The van der Waals surface area contributed by atoms with Crippen LogP contribution in [0, 0.1) is 0 Å². The number of hydrogen-bond donors (Lipinski definition) is 0. The molecule has 2 aromatic rings. The minimum atomic E-state index is -1.28. The molecule has 118 valence electrons. The molecule has 0 N–H and O–H groups in total. The maximum absolute atomic E-state index is 12.1. The third-order valence-corrected chi connectivity index (χ3v) is 3.02. The van der Waals surface area contributed by atoms with E-state index in [-0.39, 0.29) is 5.78 Å². The van der Waals surface area contributed by atoms with Gasteiger partial charge in [-0.2, -0.15) is 0 Å². The number of allylic oxidation sites excluding steroid dienone is 1. The molecule has 0 bridgehead atoms. The lowest BCUT2D eigenvalue weighted by atomic mass is 10.1. The molecule has 0 unspecified atom stereocenters. The lowest BCUT2D eigenvalue weighted by molar-refractivity contribution is -0.307. The van der Waals surface area contributed by atoms with Gasteiger partial charge in [0.15, 0.2) is 5.78 Å². The molecular weight excluding hydrogens is 296 g/mol. The highest BCUT2D eigenvalue weighted by atomic mass is 16.5. The number of ether oxygens (including phenoxy) is 2. The molecule has 0 aliphatic carbocycles. The lowest BCUT2D eigenvalue weighted by Gasteiger charge is -2.06. The molecule has 0 spiro atoms.